The Labute approximate surface area is 145 Å². The lowest BCUT2D eigenvalue weighted by atomic mass is 10.2. The molecule has 1 aliphatic rings. The number of furan rings is 1. The van der Waals surface area contributed by atoms with Gasteiger partial charge in [0.05, 0.1) is 25.6 Å². The summed E-state index contributed by atoms with van der Waals surface area (Å²) in [6.45, 7) is 4.20. The molecule has 0 radical (unpaired) electrons. The highest BCUT2D eigenvalue weighted by molar-refractivity contribution is 7.09. The third kappa shape index (κ3) is 4.67. The molecule has 1 saturated heterocycles. The maximum Gasteiger partial charge on any atom is 0.289 e. The smallest absolute Gasteiger partial charge is 0.289 e. The zero-order chi connectivity index (χ0) is 16.8. The molecular weight excluding hydrogens is 328 g/mol. The Morgan fingerprint density at radius 1 is 1.29 bits per heavy atom. The summed E-state index contributed by atoms with van der Waals surface area (Å²) in [6, 6.07) is 7.41. The maximum atomic E-state index is 12.2. The molecule has 0 aliphatic carbocycles. The molecule has 0 unspecified atom stereocenters. The molecule has 1 amide bonds. The van der Waals surface area contributed by atoms with E-state index < -0.39 is 6.10 Å². The summed E-state index contributed by atoms with van der Waals surface area (Å²) in [5.74, 6) is 0.310. The van der Waals surface area contributed by atoms with Crippen LogP contribution in [0, 0.1) is 0 Å². The van der Waals surface area contributed by atoms with Crippen molar-refractivity contribution in [3.63, 3.8) is 0 Å². The number of aliphatic hydroxyl groups excluding tert-OH is 1. The number of aliphatic hydroxyl groups is 1. The van der Waals surface area contributed by atoms with Crippen molar-refractivity contribution in [2.75, 3.05) is 39.3 Å². The van der Waals surface area contributed by atoms with Crippen LogP contribution in [0.2, 0.25) is 0 Å². The summed E-state index contributed by atoms with van der Waals surface area (Å²) in [7, 11) is 0. The Morgan fingerprint density at radius 2 is 2.12 bits per heavy atom. The van der Waals surface area contributed by atoms with Gasteiger partial charge in [0.25, 0.3) is 5.91 Å². The largest absolute Gasteiger partial charge is 0.459 e. The number of β-amino-alcohol motifs (C(OH)–C–C–N with tert-alkyl or cyclic N) is 1. The van der Waals surface area contributed by atoms with Crippen LogP contribution in [0.3, 0.4) is 0 Å². The lowest BCUT2D eigenvalue weighted by Crippen LogP contribution is -2.50. The van der Waals surface area contributed by atoms with Gasteiger partial charge in [-0.1, -0.05) is 6.07 Å². The fraction of sp³-hybridized carbons (Fsp3) is 0.471. The van der Waals surface area contributed by atoms with Gasteiger partial charge < -0.3 is 19.2 Å². The monoisotopic (exact) mass is 350 g/mol. The SMILES string of the molecule is O=C(c1ccco1)N1CCN(C[C@@H](O)COCc2cccs2)CC1. The molecule has 0 aromatic carbocycles. The molecule has 7 heteroatoms. The Balaban J connectivity index is 1.35. The molecule has 0 saturated carbocycles. The summed E-state index contributed by atoms with van der Waals surface area (Å²) in [6.07, 6.45) is 0.994. The van der Waals surface area contributed by atoms with E-state index >= 15 is 0 Å². The molecule has 3 rings (SSSR count). The summed E-state index contributed by atoms with van der Waals surface area (Å²) in [4.78, 5) is 17.3. The van der Waals surface area contributed by atoms with Crippen LogP contribution < -0.4 is 0 Å². The van der Waals surface area contributed by atoms with E-state index in [0.717, 1.165) is 18.0 Å². The molecule has 130 valence electrons. The van der Waals surface area contributed by atoms with Crippen molar-refractivity contribution >= 4 is 17.2 Å². The van der Waals surface area contributed by atoms with Crippen LogP contribution >= 0.6 is 11.3 Å². The highest BCUT2D eigenvalue weighted by Crippen LogP contribution is 2.11. The first-order valence-electron chi connectivity index (χ1n) is 8.05. The summed E-state index contributed by atoms with van der Waals surface area (Å²) >= 11 is 1.65. The van der Waals surface area contributed by atoms with Crippen LogP contribution in [0.25, 0.3) is 0 Å². The minimum Gasteiger partial charge on any atom is -0.459 e. The molecule has 1 fully saturated rings. The van der Waals surface area contributed by atoms with Crippen molar-refractivity contribution in [2.45, 2.75) is 12.7 Å². The van der Waals surface area contributed by atoms with Crippen LogP contribution in [-0.2, 0) is 11.3 Å². The topological polar surface area (TPSA) is 66.2 Å². The predicted octanol–water partition coefficient (Wildman–Crippen LogP) is 1.68. The van der Waals surface area contributed by atoms with Crippen LogP contribution in [0.1, 0.15) is 15.4 Å². The van der Waals surface area contributed by atoms with Crippen molar-refractivity contribution in [2.24, 2.45) is 0 Å². The van der Waals surface area contributed by atoms with Gasteiger partial charge in [0.15, 0.2) is 5.76 Å². The minimum absolute atomic E-state index is 0.0699. The van der Waals surface area contributed by atoms with Gasteiger partial charge in [-0.25, -0.2) is 0 Å². The average molecular weight is 350 g/mol. The van der Waals surface area contributed by atoms with Crippen molar-refractivity contribution < 1.29 is 19.1 Å². The molecule has 24 heavy (non-hydrogen) atoms. The maximum absolute atomic E-state index is 12.2. The second kappa shape index (κ2) is 8.43. The number of rotatable bonds is 7. The molecular formula is C17H22N2O4S. The van der Waals surface area contributed by atoms with E-state index in [1.165, 1.54) is 6.26 Å². The number of amides is 1. The summed E-state index contributed by atoms with van der Waals surface area (Å²) in [5.41, 5.74) is 0. The quantitative estimate of drug-likeness (QED) is 0.823. The standard InChI is InChI=1S/C17H22N2O4S/c20-14(12-22-13-15-3-2-10-24-15)11-18-5-7-19(8-6-18)17(21)16-4-1-9-23-16/h1-4,9-10,14,20H,5-8,11-13H2/t14-/m1/s1. The van der Waals surface area contributed by atoms with Gasteiger partial charge in [0, 0.05) is 37.6 Å². The summed E-state index contributed by atoms with van der Waals surface area (Å²) < 4.78 is 10.7. The molecule has 2 aromatic heterocycles. The predicted molar refractivity (Wildman–Crippen MR) is 91.0 cm³/mol. The first-order chi connectivity index (χ1) is 11.7. The van der Waals surface area contributed by atoms with Gasteiger partial charge in [-0.2, -0.15) is 0 Å². The molecule has 0 bridgehead atoms. The Kier molecular flexibility index (Phi) is 6.03. The molecule has 0 spiro atoms. The van der Waals surface area contributed by atoms with E-state index in [9.17, 15) is 9.90 Å². The van der Waals surface area contributed by atoms with Crippen molar-refractivity contribution in [3.05, 3.63) is 46.5 Å². The van der Waals surface area contributed by atoms with Crippen LogP contribution in [0.5, 0.6) is 0 Å². The molecule has 1 N–H and O–H groups in total. The summed E-state index contributed by atoms with van der Waals surface area (Å²) in [5, 5.41) is 12.1. The number of hydrogen-bond acceptors (Lipinski definition) is 6. The lowest BCUT2D eigenvalue weighted by molar-refractivity contribution is 0.00244. The number of carbonyl (C=O) groups excluding carboxylic acids is 1. The highest BCUT2D eigenvalue weighted by atomic mass is 32.1. The normalized spacial score (nSPS) is 17.1. The fourth-order valence-electron chi connectivity index (χ4n) is 2.73. The van der Waals surface area contributed by atoms with Gasteiger partial charge >= 0.3 is 0 Å². The third-order valence-corrected chi connectivity index (χ3v) is 4.84. The molecule has 2 aromatic rings. The average Bonchev–Trinajstić information content (AvgIpc) is 3.29. The number of thiophene rings is 1. The van der Waals surface area contributed by atoms with Gasteiger partial charge in [-0.15, -0.1) is 11.3 Å². The van der Waals surface area contributed by atoms with E-state index in [2.05, 4.69) is 4.90 Å². The third-order valence-electron chi connectivity index (χ3n) is 4.00. The van der Waals surface area contributed by atoms with Crippen molar-refractivity contribution in [1.29, 1.82) is 0 Å². The van der Waals surface area contributed by atoms with E-state index in [1.807, 2.05) is 17.5 Å². The Bertz CT molecular complexity index is 607. The highest BCUT2D eigenvalue weighted by Gasteiger charge is 2.24. The first-order valence-corrected chi connectivity index (χ1v) is 8.93. The number of ether oxygens (including phenoxy) is 1. The molecule has 3 heterocycles. The number of piperazine rings is 1. The first kappa shape index (κ1) is 17.2. The van der Waals surface area contributed by atoms with Crippen molar-refractivity contribution in [1.82, 2.24) is 9.80 Å². The van der Waals surface area contributed by atoms with E-state index in [1.54, 1.807) is 28.4 Å². The van der Waals surface area contributed by atoms with E-state index in [-0.39, 0.29) is 5.91 Å². The number of nitrogens with zero attached hydrogens (tertiary/aromatic N) is 2. The zero-order valence-corrected chi connectivity index (χ0v) is 14.3. The molecule has 1 aliphatic heterocycles. The number of hydrogen-bond donors (Lipinski definition) is 1. The Hall–Kier alpha value is -1.67. The second-order valence-electron chi connectivity index (χ2n) is 5.82. The number of carbonyl (C=O) groups is 1. The van der Waals surface area contributed by atoms with Crippen molar-refractivity contribution in [3.8, 4) is 0 Å². The van der Waals surface area contributed by atoms with Gasteiger partial charge in [-0.3, -0.25) is 9.69 Å². The van der Waals surface area contributed by atoms with Crippen LogP contribution in [0.15, 0.2) is 40.3 Å². The van der Waals surface area contributed by atoms with E-state index in [0.29, 0.717) is 38.6 Å². The van der Waals surface area contributed by atoms with Gasteiger partial charge in [0.1, 0.15) is 0 Å². The fourth-order valence-corrected chi connectivity index (χ4v) is 3.37. The van der Waals surface area contributed by atoms with Crippen LogP contribution in [-0.4, -0.2) is 66.2 Å². The van der Waals surface area contributed by atoms with Gasteiger partial charge in [-0.05, 0) is 23.6 Å². The lowest BCUT2D eigenvalue weighted by Gasteiger charge is -2.35. The Morgan fingerprint density at radius 3 is 2.79 bits per heavy atom. The van der Waals surface area contributed by atoms with Crippen LogP contribution in [0.4, 0.5) is 0 Å². The second-order valence-corrected chi connectivity index (χ2v) is 6.85. The zero-order valence-electron chi connectivity index (χ0n) is 13.5. The van der Waals surface area contributed by atoms with E-state index in [4.69, 9.17) is 9.15 Å². The minimum atomic E-state index is -0.516. The van der Waals surface area contributed by atoms with Gasteiger partial charge in [0.2, 0.25) is 0 Å². The molecule has 6 nitrogen and oxygen atoms in total. The molecule has 1 atom stereocenters.